The van der Waals surface area contributed by atoms with Gasteiger partial charge in [-0.3, -0.25) is 4.79 Å². The van der Waals surface area contributed by atoms with Crippen LogP contribution in [0.3, 0.4) is 0 Å². The zero-order valence-electron chi connectivity index (χ0n) is 41.4. The zero-order chi connectivity index (χ0) is 45.8. The Morgan fingerprint density at radius 1 is 0.422 bits per heavy atom. The van der Waals surface area contributed by atoms with Gasteiger partial charge in [0.15, 0.2) is 0 Å². The number of hydrogen-bond donors (Lipinski definition) is 1. The van der Waals surface area contributed by atoms with Crippen molar-refractivity contribution in [2.75, 3.05) is 12.3 Å². The van der Waals surface area contributed by atoms with E-state index in [0.29, 0.717) is 18.7 Å². The summed E-state index contributed by atoms with van der Waals surface area (Å²) in [6, 6.07) is 28.7. The lowest BCUT2D eigenvalue weighted by Gasteiger charge is -2.06. The first-order valence-electron chi connectivity index (χ1n) is 26.9. The molecule has 4 rings (SSSR count). The van der Waals surface area contributed by atoms with Crippen molar-refractivity contribution in [2.45, 2.75) is 239 Å². The van der Waals surface area contributed by atoms with Crippen LogP contribution in [0.1, 0.15) is 238 Å². The number of aliphatic imine (C=N–C) groups is 1. The molecule has 0 atom stereocenters. The molecule has 4 aromatic carbocycles. The summed E-state index contributed by atoms with van der Waals surface area (Å²) in [4.78, 5) is 25.9. The van der Waals surface area contributed by atoms with Gasteiger partial charge >= 0.3 is 0 Å². The Bertz CT molecular complexity index is 1710. The summed E-state index contributed by atoms with van der Waals surface area (Å²) >= 11 is 0. The molecule has 0 aliphatic rings. The highest BCUT2D eigenvalue weighted by Crippen LogP contribution is 2.22. The Labute approximate surface area is 393 Å². The summed E-state index contributed by atoms with van der Waals surface area (Å²) in [5, 5.41) is 4.80. The van der Waals surface area contributed by atoms with E-state index in [0.717, 1.165) is 30.3 Å². The van der Waals surface area contributed by atoms with Gasteiger partial charge in [-0.05, 0) is 40.6 Å². The summed E-state index contributed by atoms with van der Waals surface area (Å²) in [6.45, 7) is 5.24. The molecular formula is C60H94N2O2. The summed E-state index contributed by atoms with van der Waals surface area (Å²) < 4.78 is 0. The average molecular weight is 875 g/mol. The number of carbonyl (C=O) groups is 1. The van der Waals surface area contributed by atoms with E-state index in [9.17, 15) is 9.59 Å². The largest absolute Gasteiger partial charge is 0.398 e. The fourth-order valence-corrected chi connectivity index (χ4v) is 8.83. The van der Waals surface area contributed by atoms with Crippen LogP contribution in [0.4, 0.5) is 5.69 Å². The number of rotatable bonds is 37. The Morgan fingerprint density at radius 3 is 1.19 bits per heavy atom. The van der Waals surface area contributed by atoms with Gasteiger partial charge in [-0.1, -0.05) is 292 Å². The van der Waals surface area contributed by atoms with Crippen LogP contribution in [0.25, 0.3) is 21.5 Å². The van der Waals surface area contributed by atoms with Crippen molar-refractivity contribution in [1.29, 1.82) is 0 Å². The number of Topliss-reactive ketones (excluding diaryl/α,β-unsaturated/α-hetero) is 1. The quantitative estimate of drug-likeness (QED) is 0.0212. The summed E-state index contributed by atoms with van der Waals surface area (Å²) in [7, 11) is 0. The van der Waals surface area contributed by atoms with E-state index in [1.54, 1.807) is 6.08 Å². The first kappa shape index (κ1) is 56.4. The minimum absolute atomic E-state index is 0.391. The van der Waals surface area contributed by atoms with Crippen LogP contribution in [-0.4, -0.2) is 18.4 Å². The number of nitrogens with zero attached hydrogens (tertiary/aromatic N) is 1. The second-order valence-corrected chi connectivity index (χ2v) is 18.6. The molecule has 356 valence electrons. The standard InChI is InChI=1S/C31H48O.C19H37NO.C10H9N/c1-2-3-4-5-6-7-8-9-10-11-12-13-14-15-16-17-18-25-30(32)27-29-24-21-23-28-22-19-20-26-31(28)29;1-2-3-4-5-6-7-8-9-10-11-12-13-14-15-16-17-18-20-19-21;11-10-7-3-5-8-4-1-2-6-9(8)10/h19-24,26H,2-18,25,27H2,1H3;2-18H2,1H3;1-7H,11H2. The maximum Gasteiger partial charge on any atom is 0.234 e. The number of benzene rings is 4. The number of fused-ring (bicyclic) bond motifs is 2. The van der Waals surface area contributed by atoms with Crippen molar-refractivity contribution in [3.05, 3.63) is 90.5 Å². The topological polar surface area (TPSA) is 72.5 Å². The monoisotopic (exact) mass is 875 g/mol. The molecule has 0 heterocycles. The summed E-state index contributed by atoms with van der Waals surface area (Å²) in [5.41, 5.74) is 7.79. The van der Waals surface area contributed by atoms with Crippen LogP contribution < -0.4 is 5.73 Å². The van der Waals surface area contributed by atoms with Gasteiger partial charge in [-0.2, -0.15) is 0 Å². The van der Waals surface area contributed by atoms with E-state index in [2.05, 4.69) is 73.4 Å². The van der Waals surface area contributed by atoms with Crippen molar-refractivity contribution < 1.29 is 9.59 Å². The molecule has 64 heavy (non-hydrogen) atoms. The highest BCUT2D eigenvalue weighted by molar-refractivity contribution is 5.92. The van der Waals surface area contributed by atoms with E-state index < -0.39 is 0 Å². The predicted molar refractivity (Wildman–Crippen MR) is 282 cm³/mol. The van der Waals surface area contributed by atoms with Crippen LogP contribution >= 0.6 is 0 Å². The minimum Gasteiger partial charge on any atom is -0.398 e. The smallest absolute Gasteiger partial charge is 0.234 e. The molecule has 0 radical (unpaired) electrons. The van der Waals surface area contributed by atoms with E-state index in [1.807, 2.05) is 30.3 Å². The lowest BCUT2D eigenvalue weighted by atomic mass is 9.98. The molecular weight excluding hydrogens is 781 g/mol. The number of unbranched alkanes of at least 4 members (excludes halogenated alkanes) is 31. The van der Waals surface area contributed by atoms with Crippen molar-refractivity contribution in [3.8, 4) is 0 Å². The molecule has 0 aliphatic carbocycles. The number of isocyanates is 1. The Kier molecular flexibility index (Phi) is 36.9. The highest BCUT2D eigenvalue weighted by atomic mass is 16.1. The van der Waals surface area contributed by atoms with Crippen molar-refractivity contribution in [2.24, 2.45) is 4.99 Å². The zero-order valence-corrected chi connectivity index (χ0v) is 41.4. The van der Waals surface area contributed by atoms with Gasteiger partial charge in [0.2, 0.25) is 6.08 Å². The molecule has 2 N–H and O–H groups in total. The van der Waals surface area contributed by atoms with E-state index in [4.69, 9.17) is 5.73 Å². The third-order valence-corrected chi connectivity index (χ3v) is 12.8. The number of carbonyl (C=O) groups excluding carboxylic acids is 2. The molecule has 4 heteroatoms. The molecule has 0 amide bonds. The van der Waals surface area contributed by atoms with Gasteiger partial charge in [0, 0.05) is 23.9 Å². The van der Waals surface area contributed by atoms with Gasteiger partial charge in [0.25, 0.3) is 0 Å². The molecule has 0 saturated carbocycles. The molecule has 0 bridgehead atoms. The first-order chi connectivity index (χ1) is 31.6. The second-order valence-electron chi connectivity index (χ2n) is 18.6. The van der Waals surface area contributed by atoms with E-state index >= 15 is 0 Å². The van der Waals surface area contributed by atoms with Crippen molar-refractivity contribution in [1.82, 2.24) is 0 Å². The van der Waals surface area contributed by atoms with E-state index in [1.165, 1.54) is 221 Å². The molecule has 0 aromatic heterocycles. The molecule has 0 saturated heterocycles. The normalized spacial score (nSPS) is 10.8. The number of hydrogen-bond acceptors (Lipinski definition) is 4. The van der Waals surface area contributed by atoms with Crippen LogP contribution in [-0.2, 0) is 16.0 Å². The van der Waals surface area contributed by atoms with Crippen LogP contribution in [0.5, 0.6) is 0 Å². The Hall–Kier alpha value is -3.75. The molecule has 0 spiro atoms. The van der Waals surface area contributed by atoms with Crippen molar-refractivity contribution >= 4 is 39.1 Å². The molecule has 0 fully saturated rings. The molecule has 0 unspecified atom stereocenters. The maximum atomic E-state index is 12.4. The van der Waals surface area contributed by atoms with Gasteiger partial charge in [0.05, 0.1) is 6.54 Å². The lowest BCUT2D eigenvalue weighted by molar-refractivity contribution is -0.118. The number of nitrogens with two attached hydrogens (primary N) is 1. The van der Waals surface area contributed by atoms with Crippen LogP contribution in [0.2, 0.25) is 0 Å². The fraction of sp³-hybridized carbons (Fsp3) is 0.633. The third-order valence-electron chi connectivity index (χ3n) is 12.8. The second kappa shape index (κ2) is 41.9. The van der Waals surface area contributed by atoms with Crippen LogP contribution in [0, 0.1) is 0 Å². The molecule has 0 aliphatic heterocycles. The fourth-order valence-electron chi connectivity index (χ4n) is 8.83. The summed E-state index contributed by atoms with van der Waals surface area (Å²) in [5.74, 6) is 0.391. The lowest BCUT2D eigenvalue weighted by Crippen LogP contribution is -2.03. The number of ketones is 1. The predicted octanol–water partition coefficient (Wildman–Crippen LogP) is 19.0. The van der Waals surface area contributed by atoms with Gasteiger partial charge in [0.1, 0.15) is 5.78 Å². The van der Waals surface area contributed by atoms with Gasteiger partial charge < -0.3 is 5.73 Å². The first-order valence-corrected chi connectivity index (χ1v) is 26.9. The van der Waals surface area contributed by atoms with Gasteiger partial charge in [-0.15, -0.1) is 0 Å². The number of nitrogen functional groups attached to an aromatic ring is 1. The highest BCUT2D eigenvalue weighted by Gasteiger charge is 2.07. The maximum absolute atomic E-state index is 12.4. The van der Waals surface area contributed by atoms with Crippen molar-refractivity contribution in [3.63, 3.8) is 0 Å². The SMILES string of the molecule is CCCCCCCCCCCCCCCCCCCC(=O)Cc1cccc2ccccc12.CCCCCCCCCCCCCCCCCCN=C=O.Nc1cccc2ccccc12. The number of anilines is 1. The Balaban J connectivity index is 0.000000373. The third kappa shape index (κ3) is 30.4. The van der Waals surface area contributed by atoms with Crippen LogP contribution in [0.15, 0.2) is 89.9 Å². The summed E-state index contributed by atoms with van der Waals surface area (Å²) in [6.07, 6.45) is 48.4. The molecule has 4 aromatic rings. The van der Waals surface area contributed by atoms with Gasteiger partial charge in [-0.25, -0.2) is 9.79 Å². The average Bonchev–Trinajstić information content (AvgIpc) is 3.32. The molecule has 4 nitrogen and oxygen atoms in total. The minimum atomic E-state index is 0.391. The van der Waals surface area contributed by atoms with E-state index in [-0.39, 0.29) is 0 Å². The Morgan fingerprint density at radius 2 is 0.766 bits per heavy atom.